The van der Waals surface area contributed by atoms with Gasteiger partial charge >= 0.3 is 5.97 Å². The van der Waals surface area contributed by atoms with E-state index >= 15 is 0 Å². The van der Waals surface area contributed by atoms with E-state index in [1.807, 2.05) is 6.07 Å². The Balaban J connectivity index is 1.81. The number of nitrogens with one attached hydrogen (secondary N) is 1. The van der Waals surface area contributed by atoms with Crippen LogP contribution >= 0.6 is 0 Å². The monoisotopic (exact) mass is 269 g/mol. The van der Waals surface area contributed by atoms with Gasteiger partial charge in [0.25, 0.3) is 0 Å². The van der Waals surface area contributed by atoms with Crippen molar-refractivity contribution in [2.75, 3.05) is 6.54 Å². The summed E-state index contributed by atoms with van der Waals surface area (Å²) < 4.78 is 0. The molecule has 3 heteroatoms. The van der Waals surface area contributed by atoms with E-state index in [0.717, 1.165) is 18.5 Å². The zero-order chi connectivity index (χ0) is 14.4. The van der Waals surface area contributed by atoms with Gasteiger partial charge in [-0.15, -0.1) is 0 Å². The molecule has 0 unspecified atom stereocenters. The number of hydrogen-bond acceptors (Lipinski definition) is 2. The number of aryl methyl sites for hydroxylation is 1. The van der Waals surface area contributed by atoms with E-state index in [9.17, 15) is 4.79 Å². The predicted molar refractivity (Wildman–Crippen MR) is 80.0 cm³/mol. The molecule has 104 valence electrons. The van der Waals surface area contributed by atoms with E-state index in [1.165, 1.54) is 11.1 Å². The van der Waals surface area contributed by atoms with Crippen LogP contribution in [0.4, 0.5) is 0 Å². The molecule has 0 aliphatic heterocycles. The molecule has 0 saturated heterocycles. The van der Waals surface area contributed by atoms with E-state index in [0.29, 0.717) is 12.1 Å². The standard InChI is InChI=1S/C17H19NO2/c1-13-4-2-5-14(10-13)8-9-18-12-15-6-3-7-16(11-15)17(19)20/h2-7,10-11,18H,8-9,12H2,1H3,(H,19,20). The first kappa shape index (κ1) is 14.3. The van der Waals surface area contributed by atoms with Gasteiger partial charge in [0.1, 0.15) is 0 Å². The number of aromatic carboxylic acids is 1. The first-order valence-corrected chi connectivity index (χ1v) is 6.73. The van der Waals surface area contributed by atoms with E-state index in [2.05, 4.69) is 36.5 Å². The van der Waals surface area contributed by atoms with Crippen LogP contribution in [-0.2, 0) is 13.0 Å². The molecule has 0 aliphatic rings. The Bertz CT molecular complexity index is 593. The largest absolute Gasteiger partial charge is 0.478 e. The zero-order valence-electron chi connectivity index (χ0n) is 11.6. The van der Waals surface area contributed by atoms with Gasteiger partial charge in [0.15, 0.2) is 0 Å². The molecule has 0 saturated carbocycles. The van der Waals surface area contributed by atoms with Gasteiger partial charge in [-0.1, -0.05) is 42.0 Å². The molecule has 2 aromatic rings. The minimum atomic E-state index is -0.883. The average Bonchev–Trinajstić information content (AvgIpc) is 2.44. The highest BCUT2D eigenvalue weighted by Crippen LogP contribution is 2.06. The van der Waals surface area contributed by atoms with Crippen molar-refractivity contribution in [2.24, 2.45) is 0 Å². The first-order chi connectivity index (χ1) is 9.65. The van der Waals surface area contributed by atoms with Crippen LogP contribution in [0.5, 0.6) is 0 Å². The second-order valence-electron chi connectivity index (χ2n) is 4.92. The van der Waals surface area contributed by atoms with Gasteiger partial charge in [0.05, 0.1) is 5.56 Å². The minimum absolute atomic E-state index is 0.336. The van der Waals surface area contributed by atoms with Crippen LogP contribution in [0.3, 0.4) is 0 Å². The number of benzene rings is 2. The van der Waals surface area contributed by atoms with Gasteiger partial charge in [0.2, 0.25) is 0 Å². The molecular formula is C17H19NO2. The molecular weight excluding hydrogens is 250 g/mol. The summed E-state index contributed by atoms with van der Waals surface area (Å²) >= 11 is 0. The molecule has 2 rings (SSSR count). The van der Waals surface area contributed by atoms with Gasteiger partial charge in [0, 0.05) is 6.54 Å². The molecule has 0 fully saturated rings. The highest BCUT2D eigenvalue weighted by molar-refractivity contribution is 5.87. The summed E-state index contributed by atoms with van der Waals surface area (Å²) in [7, 11) is 0. The molecule has 0 amide bonds. The Hall–Kier alpha value is -2.13. The Kier molecular flexibility index (Phi) is 4.91. The molecule has 0 heterocycles. The third kappa shape index (κ3) is 4.21. The second-order valence-corrected chi connectivity index (χ2v) is 4.92. The van der Waals surface area contributed by atoms with E-state index in [4.69, 9.17) is 5.11 Å². The van der Waals surface area contributed by atoms with Gasteiger partial charge in [-0.25, -0.2) is 4.79 Å². The number of hydrogen-bond donors (Lipinski definition) is 2. The number of carboxylic acids is 1. The Morgan fingerprint density at radius 2 is 1.85 bits per heavy atom. The zero-order valence-corrected chi connectivity index (χ0v) is 11.6. The summed E-state index contributed by atoms with van der Waals surface area (Å²) in [4.78, 5) is 10.9. The normalized spacial score (nSPS) is 10.4. The van der Waals surface area contributed by atoms with Crippen LogP contribution in [0.1, 0.15) is 27.0 Å². The summed E-state index contributed by atoms with van der Waals surface area (Å²) in [6.45, 7) is 3.65. The Morgan fingerprint density at radius 3 is 2.60 bits per heavy atom. The lowest BCUT2D eigenvalue weighted by Crippen LogP contribution is -2.17. The van der Waals surface area contributed by atoms with Crippen LogP contribution in [0.15, 0.2) is 48.5 Å². The Morgan fingerprint density at radius 1 is 1.10 bits per heavy atom. The van der Waals surface area contributed by atoms with Crippen molar-refractivity contribution in [1.29, 1.82) is 0 Å². The van der Waals surface area contributed by atoms with Crippen molar-refractivity contribution in [3.05, 3.63) is 70.8 Å². The third-order valence-corrected chi connectivity index (χ3v) is 3.18. The molecule has 20 heavy (non-hydrogen) atoms. The fourth-order valence-electron chi connectivity index (χ4n) is 2.15. The number of carboxylic acid groups (broad SMARTS) is 1. The molecule has 0 aromatic heterocycles. The van der Waals surface area contributed by atoms with Crippen LogP contribution in [-0.4, -0.2) is 17.6 Å². The smallest absolute Gasteiger partial charge is 0.335 e. The fraction of sp³-hybridized carbons (Fsp3) is 0.235. The fourth-order valence-corrected chi connectivity index (χ4v) is 2.15. The van der Waals surface area contributed by atoms with Gasteiger partial charge in [-0.2, -0.15) is 0 Å². The van der Waals surface area contributed by atoms with Crippen molar-refractivity contribution < 1.29 is 9.90 Å². The summed E-state index contributed by atoms with van der Waals surface area (Å²) in [6, 6.07) is 15.5. The van der Waals surface area contributed by atoms with Gasteiger partial charge < -0.3 is 10.4 Å². The molecule has 0 aliphatic carbocycles. The lowest BCUT2D eigenvalue weighted by atomic mass is 10.1. The van der Waals surface area contributed by atoms with Crippen molar-refractivity contribution >= 4 is 5.97 Å². The van der Waals surface area contributed by atoms with Crippen molar-refractivity contribution in [2.45, 2.75) is 19.9 Å². The van der Waals surface area contributed by atoms with Crippen LogP contribution in [0.2, 0.25) is 0 Å². The molecule has 0 radical (unpaired) electrons. The highest BCUT2D eigenvalue weighted by atomic mass is 16.4. The van der Waals surface area contributed by atoms with Gasteiger partial charge in [-0.05, 0) is 43.1 Å². The maximum absolute atomic E-state index is 10.9. The van der Waals surface area contributed by atoms with E-state index in [-0.39, 0.29) is 0 Å². The molecule has 2 aromatic carbocycles. The van der Waals surface area contributed by atoms with Crippen molar-refractivity contribution in [3.8, 4) is 0 Å². The summed E-state index contributed by atoms with van der Waals surface area (Å²) in [5.41, 5.74) is 3.92. The van der Waals surface area contributed by atoms with Crippen LogP contribution < -0.4 is 5.32 Å². The Labute approximate surface area is 119 Å². The van der Waals surface area contributed by atoms with E-state index in [1.54, 1.807) is 18.2 Å². The molecule has 3 nitrogen and oxygen atoms in total. The molecule has 2 N–H and O–H groups in total. The topological polar surface area (TPSA) is 49.3 Å². The third-order valence-electron chi connectivity index (χ3n) is 3.18. The average molecular weight is 269 g/mol. The SMILES string of the molecule is Cc1cccc(CCNCc2cccc(C(=O)O)c2)c1. The van der Waals surface area contributed by atoms with Crippen LogP contribution in [0, 0.1) is 6.92 Å². The maximum Gasteiger partial charge on any atom is 0.335 e. The lowest BCUT2D eigenvalue weighted by molar-refractivity contribution is 0.0696. The quantitative estimate of drug-likeness (QED) is 0.792. The number of carbonyl (C=O) groups is 1. The van der Waals surface area contributed by atoms with E-state index < -0.39 is 5.97 Å². The summed E-state index contributed by atoms with van der Waals surface area (Å²) in [6.07, 6.45) is 0.973. The van der Waals surface area contributed by atoms with Crippen LogP contribution in [0.25, 0.3) is 0 Å². The molecule has 0 spiro atoms. The number of rotatable bonds is 6. The summed E-state index contributed by atoms with van der Waals surface area (Å²) in [5.74, 6) is -0.883. The van der Waals surface area contributed by atoms with Crippen molar-refractivity contribution in [3.63, 3.8) is 0 Å². The summed E-state index contributed by atoms with van der Waals surface area (Å²) in [5, 5.41) is 12.3. The first-order valence-electron chi connectivity index (χ1n) is 6.73. The second kappa shape index (κ2) is 6.87. The van der Waals surface area contributed by atoms with Crippen molar-refractivity contribution in [1.82, 2.24) is 5.32 Å². The molecule has 0 bridgehead atoms. The highest BCUT2D eigenvalue weighted by Gasteiger charge is 2.02. The lowest BCUT2D eigenvalue weighted by Gasteiger charge is -2.06. The predicted octanol–water partition coefficient (Wildman–Crippen LogP) is 3.03. The maximum atomic E-state index is 10.9. The van der Waals surface area contributed by atoms with Gasteiger partial charge in [-0.3, -0.25) is 0 Å². The minimum Gasteiger partial charge on any atom is -0.478 e. The molecule has 0 atom stereocenters.